The summed E-state index contributed by atoms with van der Waals surface area (Å²) in [5, 5.41) is 7.50. The van der Waals surface area contributed by atoms with Crippen molar-refractivity contribution >= 4 is 26.0 Å². The van der Waals surface area contributed by atoms with Crippen molar-refractivity contribution in [3.05, 3.63) is 40.6 Å². The minimum Gasteiger partial charge on any atom is -0.326 e. The maximum Gasteiger partial charge on any atom is 0.241 e. The van der Waals surface area contributed by atoms with Crippen LogP contribution >= 0.6 is 15.9 Å². The zero-order chi connectivity index (χ0) is 15.3. The molecular weight excluding hydrogens is 358 g/mol. The number of sulfonamides is 1. The van der Waals surface area contributed by atoms with Gasteiger partial charge in [0.15, 0.2) is 0 Å². The van der Waals surface area contributed by atoms with Crippen molar-refractivity contribution in [1.82, 2.24) is 19.7 Å². The Balaban J connectivity index is 1.98. The van der Waals surface area contributed by atoms with Crippen molar-refractivity contribution in [2.45, 2.75) is 24.4 Å². The van der Waals surface area contributed by atoms with E-state index in [1.807, 2.05) is 0 Å². The van der Waals surface area contributed by atoms with Gasteiger partial charge in [0.05, 0.1) is 11.1 Å². The average molecular weight is 374 g/mol. The predicted molar refractivity (Wildman–Crippen MR) is 81.9 cm³/mol. The molecule has 0 radical (unpaired) electrons. The fourth-order valence-electron chi connectivity index (χ4n) is 1.76. The summed E-state index contributed by atoms with van der Waals surface area (Å²) < 4.78 is 29.3. The maximum atomic E-state index is 12.3. The van der Waals surface area contributed by atoms with E-state index in [1.165, 1.54) is 0 Å². The van der Waals surface area contributed by atoms with Gasteiger partial charge in [-0.25, -0.2) is 13.1 Å². The molecule has 0 fully saturated rings. The molecule has 0 atom stereocenters. The highest BCUT2D eigenvalue weighted by atomic mass is 79.9. The first-order valence-corrected chi connectivity index (χ1v) is 8.63. The molecule has 0 aliphatic carbocycles. The lowest BCUT2D eigenvalue weighted by atomic mass is 10.2. The highest BCUT2D eigenvalue weighted by Gasteiger charge is 2.17. The molecule has 21 heavy (non-hydrogen) atoms. The van der Waals surface area contributed by atoms with Crippen LogP contribution in [-0.4, -0.2) is 30.0 Å². The number of hydrogen-bond acceptors (Lipinski definition) is 5. The Morgan fingerprint density at radius 2 is 2.19 bits per heavy atom. The molecule has 0 amide bonds. The fourth-order valence-corrected chi connectivity index (χ4v) is 3.84. The summed E-state index contributed by atoms with van der Waals surface area (Å²) in [6, 6.07) is 5.05. The number of aryl methyl sites for hydroxylation is 1. The molecule has 0 aliphatic heterocycles. The van der Waals surface area contributed by atoms with Crippen molar-refractivity contribution in [1.29, 1.82) is 0 Å². The lowest BCUT2D eigenvalue weighted by molar-refractivity contribution is 0.542. The van der Waals surface area contributed by atoms with Gasteiger partial charge < -0.3 is 5.73 Å². The first-order valence-electron chi connectivity index (χ1n) is 6.35. The molecular formula is C12H16BrN5O2S. The van der Waals surface area contributed by atoms with E-state index in [0.717, 1.165) is 5.56 Å². The van der Waals surface area contributed by atoms with Gasteiger partial charge >= 0.3 is 0 Å². The van der Waals surface area contributed by atoms with Crippen LogP contribution in [0.5, 0.6) is 0 Å². The number of benzene rings is 1. The monoisotopic (exact) mass is 373 g/mol. The highest BCUT2D eigenvalue weighted by Crippen LogP contribution is 2.22. The Kier molecular flexibility index (Phi) is 5.45. The average Bonchev–Trinajstić information content (AvgIpc) is 2.97. The topological polar surface area (TPSA) is 103 Å². The van der Waals surface area contributed by atoms with Crippen molar-refractivity contribution in [3.63, 3.8) is 0 Å². The van der Waals surface area contributed by atoms with Gasteiger partial charge in [-0.05, 0) is 40.0 Å². The highest BCUT2D eigenvalue weighted by molar-refractivity contribution is 9.10. The Bertz CT molecular complexity index is 688. The van der Waals surface area contributed by atoms with Gasteiger partial charge in [0.25, 0.3) is 0 Å². The van der Waals surface area contributed by atoms with Crippen LogP contribution in [0.1, 0.15) is 12.0 Å². The molecule has 1 heterocycles. The summed E-state index contributed by atoms with van der Waals surface area (Å²) in [7, 11) is -3.56. The number of rotatable bonds is 7. The Morgan fingerprint density at radius 3 is 2.86 bits per heavy atom. The lowest BCUT2D eigenvalue weighted by Crippen LogP contribution is -2.26. The molecule has 2 rings (SSSR count). The van der Waals surface area contributed by atoms with Crippen LogP contribution in [0.4, 0.5) is 0 Å². The largest absolute Gasteiger partial charge is 0.326 e. The third-order valence-corrected chi connectivity index (χ3v) is 5.30. The third-order valence-electron chi connectivity index (χ3n) is 2.85. The van der Waals surface area contributed by atoms with Crippen LogP contribution in [0.15, 0.2) is 40.0 Å². The first-order chi connectivity index (χ1) is 10.0. The van der Waals surface area contributed by atoms with E-state index in [9.17, 15) is 8.42 Å². The summed E-state index contributed by atoms with van der Waals surface area (Å²) >= 11 is 3.25. The molecule has 0 bridgehead atoms. The van der Waals surface area contributed by atoms with Crippen molar-refractivity contribution in [2.75, 3.05) is 6.54 Å². The van der Waals surface area contributed by atoms with Crippen LogP contribution in [0.3, 0.4) is 0 Å². The summed E-state index contributed by atoms with van der Waals surface area (Å²) in [6.07, 6.45) is 3.94. The minimum absolute atomic E-state index is 0.200. The third kappa shape index (κ3) is 4.34. The summed E-state index contributed by atoms with van der Waals surface area (Å²) in [6.45, 7) is 1.22. The van der Waals surface area contributed by atoms with Crippen LogP contribution < -0.4 is 10.5 Å². The zero-order valence-corrected chi connectivity index (χ0v) is 13.6. The Labute approximate surface area is 131 Å². The van der Waals surface area contributed by atoms with Crippen LogP contribution in [0.2, 0.25) is 0 Å². The molecule has 2 aromatic rings. The molecule has 0 saturated heterocycles. The molecule has 9 heteroatoms. The van der Waals surface area contributed by atoms with Gasteiger partial charge in [0.1, 0.15) is 0 Å². The van der Waals surface area contributed by atoms with E-state index in [2.05, 4.69) is 31.0 Å². The standard InChI is InChI=1S/C12H16BrN5O2S/c13-11-3-2-10(9-14)8-12(11)21(19,20)16-4-1-6-18-7-5-15-17-18/h2-3,5,7-8,16H,1,4,6,9,14H2. The van der Waals surface area contributed by atoms with E-state index in [1.54, 1.807) is 35.3 Å². The van der Waals surface area contributed by atoms with E-state index in [-0.39, 0.29) is 4.90 Å². The number of halogens is 1. The number of nitrogens with two attached hydrogens (primary N) is 1. The number of nitrogens with zero attached hydrogens (tertiary/aromatic N) is 3. The molecule has 0 saturated carbocycles. The van der Waals surface area contributed by atoms with E-state index < -0.39 is 10.0 Å². The van der Waals surface area contributed by atoms with Crippen LogP contribution in [-0.2, 0) is 23.1 Å². The molecule has 0 spiro atoms. The summed E-state index contributed by atoms with van der Waals surface area (Å²) in [5.74, 6) is 0. The second kappa shape index (κ2) is 7.12. The van der Waals surface area contributed by atoms with Gasteiger partial charge in [-0.2, -0.15) is 0 Å². The van der Waals surface area contributed by atoms with Gasteiger partial charge in [-0.15, -0.1) is 5.10 Å². The Morgan fingerprint density at radius 1 is 1.38 bits per heavy atom. The van der Waals surface area contributed by atoms with Gasteiger partial charge in [-0.1, -0.05) is 11.3 Å². The number of hydrogen-bond donors (Lipinski definition) is 2. The molecule has 1 aromatic heterocycles. The molecule has 0 unspecified atom stereocenters. The molecule has 114 valence electrons. The maximum absolute atomic E-state index is 12.3. The van der Waals surface area contributed by atoms with Crippen molar-refractivity contribution in [2.24, 2.45) is 5.73 Å². The SMILES string of the molecule is NCc1ccc(Br)c(S(=O)(=O)NCCCn2ccnn2)c1. The van der Waals surface area contributed by atoms with E-state index >= 15 is 0 Å². The zero-order valence-electron chi connectivity index (χ0n) is 11.2. The molecule has 3 N–H and O–H groups in total. The second-order valence-corrected chi connectivity index (χ2v) is 6.98. The normalized spacial score (nSPS) is 11.7. The second-order valence-electron chi connectivity index (χ2n) is 4.39. The smallest absolute Gasteiger partial charge is 0.241 e. The van der Waals surface area contributed by atoms with E-state index in [0.29, 0.717) is 30.5 Å². The number of nitrogens with one attached hydrogen (secondary N) is 1. The van der Waals surface area contributed by atoms with Crippen LogP contribution in [0, 0.1) is 0 Å². The van der Waals surface area contributed by atoms with Crippen molar-refractivity contribution < 1.29 is 8.42 Å². The molecule has 7 nitrogen and oxygen atoms in total. The van der Waals surface area contributed by atoms with Gasteiger partial charge in [0.2, 0.25) is 10.0 Å². The first kappa shape index (κ1) is 16.1. The van der Waals surface area contributed by atoms with Gasteiger partial charge in [0, 0.05) is 30.3 Å². The van der Waals surface area contributed by atoms with Crippen LogP contribution in [0.25, 0.3) is 0 Å². The van der Waals surface area contributed by atoms with Crippen molar-refractivity contribution in [3.8, 4) is 0 Å². The number of aromatic nitrogens is 3. The predicted octanol–water partition coefficient (Wildman–Crippen LogP) is 0.868. The van der Waals surface area contributed by atoms with E-state index in [4.69, 9.17) is 5.73 Å². The fraction of sp³-hybridized carbons (Fsp3) is 0.333. The molecule has 1 aromatic carbocycles. The van der Waals surface area contributed by atoms with Gasteiger partial charge in [-0.3, -0.25) is 4.68 Å². The Hall–Kier alpha value is -1.29. The minimum atomic E-state index is -3.56. The molecule has 0 aliphatic rings. The lowest BCUT2D eigenvalue weighted by Gasteiger charge is -2.10. The summed E-state index contributed by atoms with van der Waals surface area (Å²) in [5.41, 5.74) is 6.31. The summed E-state index contributed by atoms with van der Waals surface area (Å²) in [4.78, 5) is 0.200. The quantitative estimate of drug-likeness (QED) is 0.700.